The zero-order valence-corrected chi connectivity index (χ0v) is 10.9. The Morgan fingerprint density at radius 1 is 1.33 bits per heavy atom. The van der Waals surface area contributed by atoms with E-state index in [9.17, 15) is 4.79 Å². The Bertz CT molecular complexity index is 576. The Balaban J connectivity index is 2.60. The lowest BCUT2D eigenvalue weighted by Gasteiger charge is -2.09. The lowest BCUT2D eigenvalue weighted by atomic mass is 10.0. The predicted molar refractivity (Wildman–Crippen MR) is 71.6 cm³/mol. The van der Waals surface area contributed by atoms with Crippen LogP contribution in [0.5, 0.6) is 0 Å². The number of para-hydroxylation sites is 1. The van der Waals surface area contributed by atoms with Crippen molar-refractivity contribution in [3.05, 3.63) is 41.6 Å². The average Bonchev–Trinajstić information content (AvgIpc) is 2.36. The molecule has 0 radical (unpaired) electrons. The van der Waals surface area contributed by atoms with Crippen LogP contribution in [0, 0.1) is 5.92 Å². The molecule has 2 aromatic rings. The Morgan fingerprint density at radius 3 is 2.72 bits per heavy atom. The number of hydrogen-bond acceptors (Lipinski definition) is 3. The second-order valence-corrected chi connectivity index (χ2v) is 4.77. The molecular weight excluding hydrogens is 226 g/mol. The van der Waals surface area contributed by atoms with Gasteiger partial charge in [-0.25, -0.2) is 4.79 Å². The number of pyridine rings is 1. The van der Waals surface area contributed by atoms with Crippen LogP contribution < -0.4 is 0 Å². The molecule has 0 atom stereocenters. The highest BCUT2D eigenvalue weighted by atomic mass is 16.5. The van der Waals surface area contributed by atoms with Gasteiger partial charge in [0.1, 0.15) is 0 Å². The topological polar surface area (TPSA) is 39.2 Å². The zero-order valence-electron chi connectivity index (χ0n) is 10.9. The molecule has 0 fully saturated rings. The molecule has 0 aliphatic rings. The van der Waals surface area contributed by atoms with Crippen LogP contribution in [0.1, 0.15) is 29.9 Å². The van der Waals surface area contributed by atoms with E-state index in [-0.39, 0.29) is 5.97 Å². The minimum Gasteiger partial charge on any atom is -0.465 e. The van der Waals surface area contributed by atoms with Crippen LogP contribution in [0.25, 0.3) is 10.9 Å². The number of carbonyl (C=O) groups is 1. The highest BCUT2D eigenvalue weighted by Crippen LogP contribution is 2.20. The largest absolute Gasteiger partial charge is 0.465 e. The van der Waals surface area contributed by atoms with Gasteiger partial charge in [-0.05, 0) is 24.5 Å². The minimum absolute atomic E-state index is 0.307. The minimum atomic E-state index is -0.307. The molecule has 0 N–H and O–H groups in total. The second kappa shape index (κ2) is 5.17. The predicted octanol–water partition coefficient (Wildman–Crippen LogP) is 3.22. The van der Waals surface area contributed by atoms with Gasteiger partial charge >= 0.3 is 5.97 Å². The van der Waals surface area contributed by atoms with E-state index in [0.29, 0.717) is 11.5 Å². The van der Waals surface area contributed by atoms with Gasteiger partial charge < -0.3 is 4.74 Å². The molecule has 1 aromatic heterocycles. The van der Waals surface area contributed by atoms with Crippen molar-refractivity contribution in [1.29, 1.82) is 0 Å². The fraction of sp³-hybridized carbons (Fsp3) is 0.333. The number of nitrogens with zero attached hydrogens (tertiary/aromatic N) is 1. The van der Waals surface area contributed by atoms with Gasteiger partial charge in [0.2, 0.25) is 0 Å². The third-order valence-corrected chi connectivity index (χ3v) is 2.79. The number of benzene rings is 1. The van der Waals surface area contributed by atoms with Crippen molar-refractivity contribution in [2.45, 2.75) is 20.3 Å². The third-order valence-electron chi connectivity index (χ3n) is 2.79. The molecule has 0 aliphatic carbocycles. The summed E-state index contributed by atoms with van der Waals surface area (Å²) >= 11 is 0. The fourth-order valence-electron chi connectivity index (χ4n) is 2.03. The van der Waals surface area contributed by atoms with E-state index in [0.717, 1.165) is 23.0 Å². The molecular formula is C15H17NO2. The first-order valence-electron chi connectivity index (χ1n) is 6.08. The van der Waals surface area contributed by atoms with Crippen LogP contribution in [0.3, 0.4) is 0 Å². The summed E-state index contributed by atoms with van der Waals surface area (Å²) < 4.78 is 4.84. The molecule has 1 aromatic carbocycles. The Hall–Kier alpha value is -1.90. The molecule has 0 unspecified atom stereocenters. The highest BCUT2D eigenvalue weighted by Gasteiger charge is 2.13. The van der Waals surface area contributed by atoms with Gasteiger partial charge in [0.25, 0.3) is 0 Å². The van der Waals surface area contributed by atoms with Gasteiger partial charge in [0, 0.05) is 11.1 Å². The van der Waals surface area contributed by atoms with Crippen molar-refractivity contribution in [3.8, 4) is 0 Å². The summed E-state index contributed by atoms with van der Waals surface area (Å²) in [5.41, 5.74) is 2.37. The number of rotatable bonds is 3. The molecule has 0 bridgehead atoms. The molecule has 18 heavy (non-hydrogen) atoms. The quantitative estimate of drug-likeness (QED) is 0.777. The van der Waals surface area contributed by atoms with Crippen molar-refractivity contribution < 1.29 is 9.53 Å². The van der Waals surface area contributed by atoms with Crippen LogP contribution in [-0.4, -0.2) is 18.1 Å². The van der Waals surface area contributed by atoms with Crippen molar-refractivity contribution in [2.24, 2.45) is 5.92 Å². The normalized spacial score (nSPS) is 10.9. The van der Waals surface area contributed by atoms with E-state index in [2.05, 4.69) is 18.8 Å². The molecule has 0 saturated heterocycles. The summed E-state index contributed by atoms with van der Waals surface area (Å²) in [4.78, 5) is 16.4. The first-order chi connectivity index (χ1) is 8.61. The van der Waals surface area contributed by atoms with E-state index in [1.807, 2.05) is 30.3 Å². The average molecular weight is 243 g/mol. The van der Waals surface area contributed by atoms with E-state index in [4.69, 9.17) is 4.74 Å². The number of fused-ring (bicyclic) bond motifs is 1. The fourth-order valence-corrected chi connectivity index (χ4v) is 2.03. The van der Waals surface area contributed by atoms with Crippen LogP contribution in [0.15, 0.2) is 30.3 Å². The third kappa shape index (κ3) is 2.50. The molecule has 3 nitrogen and oxygen atoms in total. The summed E-state index contributed by atoms with van der Waals surface area (Å²) in [7, 11) is 1.40. The van der Waals surface area contributed by atoms with Gasteiger partial charge in [-0.2, -0.15) is 0 Å². The lowest BCUT2D eigenvalue weighted by molar-refractivity contribution is 0.0602. The lowest BCUT2D eigenvalue weighted by Crippen LogP contribution is -2.06. The summed E-state index contributed by atoms with van der Waals surface area (Å²) in [6, 6.07) is 9.49. The van der Waals surface area contributed by atoms with Crippen LogP contribution in [-0.2, 0) is 11.2 Å². The molecule has 0 amide bonds. The summed E-state index contributed by atoms with van der Waals surface area (Å²) in [6.45, 7) is 4.27. The SMILES string of the molecule is COC(=O)c1cc(CC(C)C)nc2ccccc12. The van der Waals surface area contributed by atoms with Gasteiger partial charge in [-0.3, -0.25) is 4.98 Å². The molecule has 1 heterocycles. The standard InChI is InChI=1S/C15H17NO2/c1-10(2)8-11-9-13(15(17)18-3)12-6-4-5-7-14(12)16-11/h4-7,9-10H,8H2,1-3H3. The van der Waals surface area contributed by atoms with E-state index in [1.165, 1.54) is 7.11 Å². The maximum Gasteiger partial charge on any atom is 0.338 e. The van der Waals surface area contributed by atoms with Crippen LogP contribution >= 0.6 is 0 Å². The maximum absolute atomic E-state index is 11.8. The van der Waals surface area contributed by atoms with Crippen molar-refractivity contribution in [3.63, 3.8) is 0 Å². The Morgan fingerprint density at radius 2 is 2.06 bits per heavy atom. The number of methoxy groups -OCH3 is 1. The van der Waals surface area contributed by atoms with E-state index >= 15 is 0 Å². The Kier molecular flexibility index (Phi) is 3.60. The number of aromatic nitrogens is 1. The Labute approximate surface area is 107 Å². The van der Waals surface area contributed by atoms with Crippen LogP contribution in [0.4, 0.5) is 0 Å². The van der Waals surface area contributed by atoms with Crippen molar-refractivity contribution in [2.75, 3.05) is 7.11 Å². The monoisotopic (exact) mass is 243 g/mol. The zero-order chi connectivity index (χ0) is 13.1. The molecule has 0 aliphatic heterocycles. The van der Waals surface area contributed by atoms with E-state index in [1.54, 1.807) is 0 Å². The van der Waals surface area contributed by atoms with Gasteiger partial charge in [0.05, 0.1) is 18.2 Å². The first kappa shape index (κ1) is 12.6. The number of ether oxygens (including phenoxy) is 1. The van der Waals surface area contributed by atoms with E-state index < -0.39 is 0 Å². The number of hydrogen-bond donors (Lipinski definition) is 0. The first-order valence-corrected chi connectivity index (χ1v) is 6.08. The molecule has 0 saturated carbocycles. The molecule has 3 heteroatoms. The summed E-state index contributed by atoms with van der Waals surface area (Å²) in [6.07, 6.45) is 0.856. The molecule has 0 spiro atoms. The number of esters is 1. The summed E-state index contributed by atoms with van der Waals surface area (Å²) in [5, 5.41) is 0.844. The van der Waals surface area contributed by atoms with Gasteiger partial charge in [-0.15, -0.1) is 0 Å². The van der Waals surface area contributed by atoms with Crippen molar-refractivity contribution >= 4 is 16.9 Å². The molecule has 94 valence electrons. The number of carbonyl (C=O) groups excluding carboxylic acids is 1. The summed E-state index contributed by atoms with van der Waals surface area (Å²) in [5.74, 6) is 0.197. The maximum atomic E-state index is 11.8. The van der Waals surface area contributed by atoms with Gasteiger partial charge in [0.15, 0.2) is 0 Å². The highest BCUT2D eigenvalue weighted by molar-refractivity contribution is 6.03. The molecule has 2 rings (SSSR count). The van der Waals surface area contributed by atoms with Gasteiger partial charge in [-0.1, -0.05) is 32.0 Å². The second-order valence-electron chi connectivity index (χ2n) is 4.77. The van der Waals surface area contributed by atoms with Crippen LogP contribution in [0.2, 0.25) is 0 Å². The smallest absolute Gasteiger partial charge is 0.338 e. The van der Waals surface area contributed by atoms with Crippen molar-refractivity contribution in [1.82, 2.24) is 4.98 Å².